The van der Waals surface area contributed by atoms with Gasteiger partial charge in [-0.15, -0.1) is 0 Å². The van der Waals surface area contributed by atoms with Crippen molar-refractivity contribution in [2.24, 2.45) is 0 Å². The number of rotatable bonds is 3. The first kappa shape index (κ1) is 12.2. The average Bonchev–Trinajstić information content (AvgIpc) is 3.13. The smallest absolute Gasteiger partial charge is 0.354 e. The van der Waals surface area contributed by atoms with Crippen molar-refractivity contribution >= 4 is 28.5 Å². The van der Waals surface area contributed by atoms with Gasteiger partial charge in [-0.25, -0.2) is 9.78 Å². The van der Waals surface area contributed by atoms with Crippen LogP contribution in [0.25, 0.3) is 11.0 Å². The lowest BCUT2D eigenvalue weighted by molar-refractivity contribution is 0.0595. The van der Waals surface area contributed by atoms with Crippen molar-refractivity contribution in [2.75, 3.05) is 19.1 Å². The number of aromatic amines is 2. The Morgan fingerprint density at radius 1 is 1.40 bits per heavy atom. The number of nitrogens with one attached hydrogen (secondary N) is 2. The minimum absolute atomic E-state index is 0.386. The van der Waals surface area contributed by atoms with Gasteiger partial charge in [-0.2, -0.15) is 5.10 Å². The highest BCUT2D eigenvalue weighted by Gasteiger charge is 2.12. The van der Waals surface area contributed by atoms with Crippen molar-refractivity contribution in [1.82, 2.24) is 20.2 Å². The molecular weight excluding hydrogens is 258 g/mol. The third-order valence-corrected chi connectivity index (χ3v) is 3.10. The Labute approximate surface area is 114 Å². The highest BCUT2D eigenvalue weighted by Crippen LogP contribution is 2.24. The summed E-state index contributed by atoms with van der Waals surface area (Å²) in [6.07, 6.45) is 3.41. The van der Waals surface area contributed by atoms with Crippen LogP contribution in [0.1, 0.15) is 10.5 Å². The summed E-state index contributed by atoms with van der Waals surface area (Å²) in [7, 11) is 3.25. The van der Waals surface area contributed by atoms with Gasteiger partial charge >= 0.3 is 5.97 Å². The molecule has 0 spiro atoms. The Balaban J connectivity index is 2.00. The molecule has 0 saturated carbocycles. The molecule has 3 aromatic heterocycles. The van der Waals surface area contributed by atoms with Gasteiger partial charge in [0.05, 0.1) is 25.2 Å². The molecule has 0 radical (unpaired) electrons. The van der Waals surface area contributed by atoms with E-state index in [4.69, 9.17) is 0 Å². The second-order valence-corrected chi connectivity index (χ2v) is 4.31. The molecule has 0 aliphatic carbocycles. The number of esters is 1. The molecule has 7 nitrogen and oxygen atoms in total. The molecule has 0 aliphatic heterocycles. The standard InChI is InChI=1S/C13H13N5O2/c1-18(11-3-4-15-17-11)9-5-8-6-10(13(19)20-2)16-12(8)14-7-9/h3-7H,1-2H3,(H,14,16)(H,15,17). The third-order valence-electron chi connectivity index (χ3n) is 3.10. The number of pyridine rings is 1. The van der Waals surface area contributed by atoms with Crippen LogP contribution >= 0.6 is 0 Å². The first-order valence-electron chi connectivity index (χ1n) is 5.99. The average molecular weight is 271 g/mol. The normalized spacial score (nSPS) is 10.7. The van der Waals surface area contributed by atoms with E-state index in [1.807, 2.05) is 24.1 Å². The molecule has 102 valence electrons. The number of carbonyl (C=O) groups is 1. The maximum absolute atomic E-state index is 11.5. The lowest BCUT2D eigenvalue weighted by Gasteiger charge is -2.16. The summed E-state index contributed by atoms with van der Waals surface area (Å²) in [5.41, 5.74) is 1.92. The molecule has 0 unspecified atom stereocenters. The summed E-state index contributed by atoms with van der Waals surface area (Å²) in [4.78, 5) is 20.6. The summed E-state index contributed by atoms with van der Waals surface area (Å²) in [5.74, 6) is 0.446. The lowest BCUT2D eigenvalue weighted by atomic mass is 10.3. The van der Waals surface area contributed by atoms with E-state index in [1.54, 1.807) is 18.5 Å². The van der Waals surface area contributed by atoms with Crippen LogP contribution in [0.2, 0.25) is 0 Å². The maximum Gasteiger partial charge on any atom is 0.354 e. The molecule has 0 saturated heterocycles. The zero-order valence-electron chi connectivity index (χ0n) is 11.0. The van der Waals surface area contributed by atoms with E-state index in [2.05, 4.69) is 24.9 Å². The number of hydrogen-bond acceptors (Lipinski definition) is 5. The van der Waals surface area contributed by atoms with E-state index in [1.165, 1.54) is 7.11 Å². The molecule has 3 rings (SSSR count). The predicted octanol–water partition coefficient (Wildman–Crippen LogP) is 1.84. The third kappa shape index (κ3) is 1.99. The summed E-state index contributed by atoms with van der Waals surface area (Å²) in [6.45, 7) is 0. The zero-order valence-corrected chi connectivity index (χ0v) is 11.0. The fourth-order valence-corrected chi connectivity index (χ4v) is 1.98. The van der Waals surface area contributed by atoms with Gasteiger partial charge in [0.25, 0.3) is 0 Å². The van der Waals surface area contributed by atoms with Crippen molar-refractivity contribution < 1.29 is 9.53 Å². The number of ether oxygens (including phenoxy) is 1. The van der Waals surface area contributed by atoms with Crippen molar-refractivity contribution in [3.63, 3.8) is 0 Å². The first-order chi connectivity index (χ1) is 9.69. The van der Waals surface area contributed by atoms with Gasteiger partial charge in [-0.3, -0.25) is 5.10 Å². The van der Waals surface area contributed by atoms with E-state index >= 15 is 0 Å². The Hall–Kier alpha value is -2.83. The van der Waals surface area contributed by atoms with Crippen LogP contribution in [-0.4, -0.2) is 40.3 Å². The van der Waals surface area contributed by atoms with Crippen LogP contribution in [0.5, 0.6) is 0 Å². The number of fused-ring (bicyclic) bond motifs is 1. The van der Waals surface area contributed by atoms with E-state index < -0.39 is 5.97 Å². The van der Waals surface area contributed by atoms with Crippen LogP contribution in [-0.2, 0) is 4.74 Å². The molecule has 20 heavy (non-hydrogen) atoms. The van der Waals surface area contributed by atoms with Crippen LogP contribution in [0.15, 0.2) is 30.6 Å². The maximum atomic E-state index is 11.5. The van der Waals surface area contributed by atoms with E-state index in [0.29, 0.717) is 11.3 Å². The number of methoxy groups -OCH3 is 1. The molecule has 2 N–H and O–H groups in total. The van der Waals surface area contributed by atoms with Crippen molar-refractivity contribution in [1.29, 1.82) is 0 Å². The SMILES string of the molecule is COC(=O)c1cc2cc(N(C)c3ccn[nH]3)cnc2[nH]1. The number of nitrogens with zero attached hydrogens (tertiary/aromatic N) is 3. The second-order valence-electron chi connectivity index (χ2n) is 4.31. The van der Waals surface area contributed by atoms with Crippen molar-refractivity contribution in [3.8, 4) is 0 Å². The first-order valence-corrected chi connectivity index (χ1v) is 5.99. The quantitative estimate of drug-likeness (QED) is 0.710. The van der Waals surface area contributed by atoms with Crippen LogP contribution < -0.4 is 4.90 Å². The van der Waals surface area contributed by atoms with Crippen molar-refractivity contribution in [2.45, 2.75) is 0 Å². The summed E-state index contributed by atoms with van der Waals surface area (Å²) >= 11 is 0. The number of aromatic nitrogens is 4. The summed E-state index contributed by atoms with van der Waals surface area (Å²) in [5, 5.41) is 7.64. The zero-order chi connectivity index (χ0) is 14.1. The Kier molecular flexibility index (Phi) is 2.86. The Morgan fingerprint density at radius 3 is 2.95 bits per heavy atom. The van der Waals surface area contributed by atoms with Gasteiger partial charge in [0.1, 0.15) is 17.2 Å². The van der Waals surface area contributed by atoms with Crippen LogP contribution in [0.3, 0.4) is 0 Å². The van der Waals surface area contributed by atoms with Crippen molar-refractivity contribution in [3.05, 3.63) is 36.3 Å². The molecule has 0 amide bonds. The highest BCUT2D eigenvalue weighted by molar-refractivity contribution is 5.94. The second kappa shape index (κ2) is 4.69. The van der Waals surface area contributed by atoms with E-state index in [-0.39, 0.29) is 0 Å². The fraction of sp³-hybridized carbons (Fsp3) is 0.154. The number of H-pyrrole nitrogens is 2. The predicted molar refractivity (Wildman–Crippen MR) is 74.1 cm³/mol. The number of anilines is 2. The van der Waals surface area contributed by atoms with Gasteiger partial charge in [0, 0.05) is 18.5 Å². The monoisotopic (exact) mass is 271 g/mol. The molecule has 0 atom stereocenters. The summed E-state index contributed by atoms with van der Waals surface area (Å²) in [6, 6.07) is 5.52. The molecule has 7 heteroatoms. The number of carbonyl (C=O) groups excluding carboxylic acids is 1. The topological polar surface area (TPSA) is 86.9 Å². The minimum atomic E-state index is -0.411. The van der Waals surface area contributed by atoms with Crippen LogP contribution in [0.4, 0.5) is 11.5 Å². The van der Waals surface area contributed by atoms with Crippen LogP contribution in [0, 0.1) is 0 Å². The van der Waals surface area contributed by atoms with Gasteiger partial charge in [0.2, 0.25) is 0 Å². The Morgan fingerprint density at radius 2 is 2.25 bits per heavy atom. The van der Waals surface area contributed by atoms with Gasteiger partial charge in [0.15, 0.2) is 0 Å². The molecule has 0 aromatic carbocycles. The summed E-state index contributed by atoms with van der Waals surface area (Å²) < 4.78 is 4.68. The molecule has 0 bridgehead atoms. The van der Waals surface area contributed by atoms with E-state index in [9.17, 15) is 4.79 Å². The Bertz CT molecular complexity index is 747. The van der Waals surface area contributed by atoms with Gasteiger partial charge in [-0.1, -0.05) is 0 Å². The molecule has 3 aromatic rings. The molecule has 0 fully saturated rings. The lowest BCUT2D eigenvalue weighted by Crippen LogP contribution is -2.10. The van der Waals surface area contributed by atoms with Gasteiger partial charge < -0.3 is 14.6 Å². The number of hydrogen-bond donors (Lipinski definition) is 2. The van der Waals surface area contributed by atoms with Gasteiger partial charge in [-0.05, 0) is 12.1 Å². The van der Waals surface area contributed by atoms with E-state index in [0.717, 1.165) is 16.9 Å². The largest absolute Gasteiger partial charge is 0.464 e. The minimum Gasteiger partial charge on any atom is -0.464 e. The highest BCUT2D eigenvalue weighted by atomic mass is 16.5. The molecular formula is C13H13N5O2. The fourth-order valence-electron chi connectivity index (χ4n) is 1.98. The molecule has 3 heterocycles. The molecule has 0 aliphatic rings.